The number of esters is 8. The molecule has 0 rings (SSSR count). The van der Waals surface area contributed by atoms with Crippen LogP contribution in [0.15, 0.2) is 101 Å². The second-order valence-electron chi connectivity index (χ2n) is 28.8. The van der Waals surface area contributed by atoms with Crippen molar-refractivity contribution in [2.24, 2.45) is 11.8 Å². The van der Waals surface area contributed by atoms with E-state index in [1.165, 1.54) is 94.9 Å². The topological polar surface area (TPSA) is 373 Å². The molecular formula is C95H166N8O24. The second-order valence-corrected chi connectivity index (χ2v) is 28.8. The summed E-state index contributed by atoms with van der Waals surface area (Å²) in [6.45, 7) is 80.6. The number of nitrogens with zero attached hydrogens (tertiary/aromatic N) is 8. The molecule has 0 fully saturated rings. The summed E-state index contributed by atoms with van der Waals surface area (Å²) in [5, 5.41) is 0. The van der Waals surface area contributed by atoms with Crippen LogP contribution in [0.2, 0.25) is 0 Å². The zero-order valence-corrected chi connectivity index (χ0v) is 82.7. The molecule has 0 spiro atoms. The molecule has 0 aliphatic rings. The molecule has 0 heterocycles. The number of unbranched alkanes of at least 4 members (excludes halogenated alkanes) is 5. The Morgan fingerprint density at radius 3 is 0.717 bits per heavy atom. The van der Waals surface area contributed by atoms with Gasteiger partial charge in [-0.1, -0.05) is 146 Å². The van der Waals surface area contributed by atoms with Crippen molar-refractivity contribution < 1.29 is 115 Å². The Morgan fingerprint density at radius 2 is 0.496 bits per heavy atom. The van der Waals surface area contributed by atoms with Gasteiger partial charge in [0.2, 0.25) is 47.3 Å². The number of carbonyl (C=O) groups is 16. The number of rotatable bonds is 52. The van der Waals surface area contributed by atoms with Gasteiger partial charge in [0.05, 0.1) is 52.9 Å². The van der Waals surface area contributed by atoms with Crippen molar-refractivity contribution in [3.8, 4) is 0 Å². The maximum Gasteiger partial charge on any atom is 0.328 e. The predicted molar refractivity (Wildman–Crippen MR) is 499 cm³/mol. The highest BCUT2D eigenvalue weighted by atomic mass is 16.6. The maximum atomic E-state index is 12.0. The van der Waals surface area contributed by atoms with Crippen molar-refractivity contribution in [1.29, 1.82) is 0 Å². The van der Waals surface area contributed by atoms with E-state index in [-0.39, 0.29) is 95.1 Å². The van der Waals surface area contributed by atoms with E-state index in [4.69, 9.17) is 33.2 Å². The molecule has 32 nitrogen and oxygen atoms in total. The standard InChI is InChI=1S/C16H29NO3.C14H25NO3.2C12H21NO3.2C11H19NO3.C10H17NO3.C9H15NO3/c1-6-10-11-14(7-2)12-20-16(19)13(5)17(9-4)15(18)8-3;1-5-8-9-10-11-18-14(17)12(4)15(7-3)13(16)6-2;1-6-11(14)13(7-2)10(5)12(15)16-8-9(3)4;1-5-8-9-16-12(15)10(4)13(7-3)11(14)6-2;1-6-10(13)12(7-2)9(5)11(14)15-8(3)4;1-5-8-15-11(14)9(4)12(7-3)10(13)6-2;1-5-9(12)11(6-2)8(4)10(13)14-7-3;1-5-8(11)10(6-2)7(3)9(12)13-4/h8,13-14H,3,6-7,9-12H2,1-2,4-5H3;6,12H,2,5,7-11H2,1,3-4H3;6,9-10H,1,7-8H2,2-5H3;6,10H,2,5,7-9H2,1,3-4H3;6,8-9H,1,7H2,2-5H3;6,9H,2,5,7-8H2,1,3-4H3;5,8H,1,6-7H2,2-4H3;5,7H,1,6H2,2-4H3. The fourth-order valence-electron chi connectivity index (χ4n) is 10.9. The molecule has 9 atom stereocenters. The van der Waals surface area contributed by atoms with Gasteiger partial charge in [0.1, 0.15) is 48.3 Å². The lowest BCUT2D eigenvalue weighted by Crippen LogP contribution is -2.43. The van der Waals surface area contributed by atoms with E-state index in [0.717, 1.165) is 70.6 Å². The first-order valence-electron chi connectivity index (χ1n) is 44.5. The lowest BCUT2D eigenvalue weighted by Gasteiger charge is -2.26. The molecule has 0 radical (unpaired) electrons. The predicted octanol–water partition coefficient (Wildman–Crippen LogP) is 13.3. The van der Waals surface area contributed by atoms with Gasteiger partial charge < -0.3 is 77.1 Å². The Hall–Kier alpha value is -10.6. The van der Waals surface area contributed by atoms with Gasteiger partial charge in [0.15, 0.2) is 0 Å². The number of likely N-dealkylation sites (N-methyl/N-ethyl adjacent to an activating group) is 8. The van der Waals surface area contributed by atoms with E-state index in [9.17, 15) is 76.7 Å². The quantitative estimate of drug-likeness (QED) is 0.0236. The molecule has 0 aromatic rings. The normalized spacial score (nSPS) is 12.0. The SMILES string of the molecule is C=CC(=O)N(CC)C(C)C(=O)OC.C=CC(=O)N(CC)C(C)C(=O)OC(C)C.C=CC(=O)N(CC)C(C)C(=O)OCC.C=CC(=O)N(CC)C(C)C(=O)OCC(C)C.C=CC(=O)N(CC)C(C)C(=O)OCC(CC)CCCC.C=CC(=O)N(CC)C(C)C(=O)OCCC.C=CC(=O)N(CC)C(C)C(=O)OCCCC.C=CC(=O)N(CC)C(C)C(=O)OCCCCCC. The first kappa shape index (κ1) is 132. The van der Waals surface area contributed by atoms with E-state index >= 15 is 0 Å². The summed E-state index contributed by atoms with van der Waals surface area (Å²) >= 11 is 0. The minimum absolute atomic E-state index is 0.169. The fraction of sp³-hybridized carbons (Fsp3) is 0.663. The van der Waals surface area contributed by atoms with Gasteiger partial charge in [-0.15, -0.1) is 0 Å². The molecule has 0 N–H and O–H groups in total. The van der Waals surface area contributed by atoms with Crippen molar-refractivity contribution in [3.05, 3.63) is 101 Å². The summed E-state index contributed by atoms with van der Waals surface area (Å²) in [6, 6.07) is -4.44. The van der Waals surface area contributed by atoms with Crippen LogP contribution >= 0.6 is 0 Å². The number of hydrogen-bond acceptors (Lipinski definition) is 24. The highest BCUT2D eigenvalue weighted by Gasteiger charge is 2.31. The summed E-state index contributed by atoms with van der Waals surface area (Å²) in [5.41, 5.74) is 0. The van der Waals surface area contributed by atoms with E-state index in [1.54, 1.807) is 96.9 Å². The average molecular weight is 1800 g/mol. The van der Waals surface area contributed by atoms with Crippen LogP contribution in [0.4, 0.5) is 0 Å². The van der Waals surface area contributed by atoms with E-state index in [0.29, 0.717) is 104 Å². The smallest absolute Gasteiger partial charge is 0.328 e. The molecule has 9 unspecified atom stereocenters. The molecule has 0 aliphatic carbocycles. The first-order chi connectivity index (χ1) is 59.8. The van der Waals surface area contributed by atoms with Gasteiger partial charge in [-0.3, -0.25) is 38.4 Å². The van der Waals surface area contributed by atoms with Crippen molar-refractivity contribution in [3.63, 3.8) is 0 Å². The molecule has 127 heavy (non-hydrogen) atoms. The minimum atomic E-state index is -0.567. The molecule has 0 aromatic heterocycles. The van der Waals surface area contributed by atoms with Crippen molar-refractivity contribution in [2.75, 3.05) is 99.1 Å². The summed E-state index contributed by atoms with van der Waals surface area (Å²) in [7, 11) is 1.30. The van der Waals surface area contributed by atoms with Crippen LogP contribution in [-0.4, -0.2) is 288 Å². The molecule has 0 aromatic carbocycles. The molecular weight excluding hydrogens is 1640 g/mol. The van der Waals surface area contributed by atoms with Gasteiger partial charge in [0.25, 0.3) is 0 Å². The van der Waals surface area contributed by atoms with Crippen LogP contribution in [-0.2, 0) is 115 Å². The minimum Gasteiger partial charge on any atom is -0.467 e. The number of amides is 8. The first-order valence-corrected chi connectivity index (χ1v) is 44.5. The van der Waals surface area contributed by atoms with Crippen LogP contribution < -0.4 is 0 Å². The van der Waals surface area contributed by atoms with Crippen LogP contribution in [0, 0.1) is 11.8 Å². The highest BCUT2D eigenvalue weighted by molar-refractivity contribution is 5.95. The summed E-state index contributed by atoms with van der Waals surface area (Å²) in [5.74, 6) is -4.27. The Labute approximate surface area is 762 Å². The van der Waals surface area contributed by atoms with Crippen molar-refractivity contribution in [2.45, 2.75) is 305 Å². The van der Waals surface area contributed by atoms with Crippen molar-refractivity contribution in [1.82, 2.24) is 39.2 Å². The molecule has 730 valence electrons. The molecule has 0 saturated heterocycles. The lowest BCUT2D eigenvalue weighted by molar-refractivity contribution is -0.156. The second kappa shape index (κ2) is 82.4. The van der Waals surface area contributed by atoms with E-state index in [1.807, 2.05) is 62.3 Å². The summed E-state index contributed by atoms with van der Waals surface area (Å²) < 4.78 is 40.0. The molecule has 0 bridgehead atoms. The van der Waals surface area contributed by atoms with Crippen LogP contribution in [0.1, 0.15) is 251 Å². The zero-order valence-electron chi connectivity index (χ0n) is 82.7. The van der Waals surface area contributed by atoms with Gasteiger partial charge in [-0.05, 0) is 218 Å². The van der Waals surface area contributed by atoms with Crippen LogP contribution in [0.3, 0.4) is 0 Å². The van der Waals surface area contributed by atoms with E-state index in [2.05, 4.69) is 78.1 Å². The Balaban J connectivity index is -0.000000213. The number of carbonyl (C=O) groups excluding carboxylic acids is 16. The van der Waals surface area contributed by atoms with Gasteiger partial charge >= 0.3 is 47.8 Å². The highest BCUT2D eigenvalue weighted by Crippen LogP contribution is 2.16. The zero-order chi connectivity index (χ0) is 100. The number of hydrogen-bond donors (Lipinski definition) is 0. The third-order valence-electron chi connectivity index (χ3n) is 18.7. The molecule has 0 aliphatic heterocycles. The van der Waals surface area contributed by atoms with Gasteiger partial charge in [-0.25, -0.2) is 38.4 Å². The largest absolute Gasteiger partial charge is 0.467 e. The van der Waals surface area contributed by atoms with Gasteiger partial charge in [0, 0.05) is 52.4 Å². The third-order valence-corrected chi connectivity index (χ3v) is 18.7. The summed E-state index contributed by atoms with van der Waals surface area (Å²) in [4.78, 5) is 195. The fourth-order valence-corrected chi connectivity index (χ4v) is 10.9. The summed E-state index contributed by atoms with van der Waals surface area (Å²) in [6.07, 6.45) is 20.7. The Bertz CT molecular complexity index is 3290. The maximum absolute atomic E-state index is 12.0. The Kier molecular flexibility index (Phi) is 85.6. The monoisotopic (exact) mass is 1800 g/mol. The molecule has 32 heteroatoms. The number of ether oxygens (including phenoxy) is 8. The molecule has 8 amide bonds. The third kappa shape index (κ3) is 59.2. The number of methoxy groups -OCH3 is 1. The van der Waals surface area contributed by atoms with Gasteiger partial charge in [-0.2, -0.15) is 0 Å². The average Bonchev–Trinajstić information content (AvgIpc) is 0.887. The molecule has 0 saturated carbocycles. The van der Waals surface area contributed by atoms with E-state index < -0.39 is 54.3 Å². The van der Waals surface area contributed by atoms with Crippen molar-refractivity contribution >= 4 is 95.0 Å². The Morgan fingerprint density at radius 1 is 0.260 bits per heavy atom. The lowest BCUT2D eigenvalue weighted by atomic mass is 10.0. The van der Waals surface area contributed by atoms with Crippen LogP contribution in [0.5, 0.6) is 0 Å². The van der Waals surface area contributed by atoms with Crippen LogP contribution in [0.25, 0.3) is 0 Å².